The van der Waals surface area contributed by atoms with Gasteiger partial charge in [-0.1, -0.05) is 23.7 Å². The first-order valence-corrected chi connectivity index (χ1v) is 7.94. The van der Waals surface area contributed by atoms with E-state index in [0.29, 0.717) is 22.1 Å². The van der Waals surface area contributed by atoms with Crippen LogP contribution in [0.25, 0.3) is 0 Å². The average Bonchev–Trinajstić information content (AvgIpc) is 2.52. The van der Waals surface area contributed by atoms with Crippen LogP contribution in [0.2, 0.25) is 5.02 Å². The molecule has 0 radical (unpaired) electrons. The van der Waals surface area contributed by atoms with Crippen molar-refractivity contribution in [3.8, 4) is 5.75 Å². The highest BCUT2D eigenvalue weighted by molar-refractivity contribution is 6.31. The molecule has 2 aromatic carbocycles. The maximum atomic E-state index is 12.2. The van der Waals surface area contributed by atoms with Crippen molar-refractivity contribution in [2.24, 2.45) is 0 Å². The van der Waals surface area contributed by atoms with Crippen LogP contribution in [0.5, 0.6) is 5.75 Å². The second-order valence-electron chi connectivity index (χ2n) is 5.81. The van der Waals surface area contributed by atoms with Gasteiger partial charge in [-0.3, -0.25) is 9.59 Å². The number of amides is 2. The molecule has 2 amide bonds. The Morgan fingerprint density at radius 1 is 1.25 bits per heavy atom. The van der Waals surface area contributed by atoms with Crippen LogP contribution in [0.4, 0.5) is 11.4 Å². The highest BCUT2D eigenvalue weighted by Gasteiger charge is 2.29. The fraction of sp³-hybridized carbons (Fsp3) is 0.222. The number of carbonyl (C=O) groups excluding carboxylic acids is 2. The zero-order chi connectivity index (χ0) is 17.3. The third-order valence-electron chi connectivity index (χ3n) is 3.78. The van der Waals surface area contributed by atoms with Gasteiger partial charge >= 0.3 is 0 Å². The topological polar surface area (TPSA) is 67.4 Å². The maximum Gasteiger partial charge on any atom is 0.266 e. The summed E-state index contributed by atoms with van der Waals surface area (Å²) < 4.78 is 5.65. The summed E-state index contributed by atoms with van der Waals surface area (Å²) in [4.78, 5) is 24.3. The van der Waals surface area contributed by atoms with Gasteiger partial charge in [0.25, 0.3) is 5.91 Å². The minimum atomic E-state index is -0.860. The molecule has 5 nitrogen and oxygen atoms in total. The van der Waals surface area contributed by atoms with Gasteiger partial charge in [0.15, 0.2) is 6.10 Å². The lowest BCUT2D eigenvalue weighted by molar-refractivity contribution is -0.128. The van der Waals surface area contributed by atoms with Gasteiger partial charge in [0.2, 0.25) is 5.91 Å². The Bertz CT molecular complexity index is 820. The molecule has 2 N–H and O–H groups in total. The molecule has 1 unspecified atom stereocenters. The van der Waals surface area contributed by atoms with E-state index < -0.39 is 6.10 Å². The molecule has 0 aliphatic carbocycles. The molecule has 3 rings (SSSR count). The van der Waals surface area contributed by atoms with Crippen LogP contribution in [-0.4, -0.2) is 17.9 Å². The molecule has 1 aliphatic rings. The quantitative estimate of drug-likeness (QED) is 0.892. The lowest BCUT2D eigenvalue weighted by atomic mass is 10.1. The number of carbonyl (C=O) groups is 2. The Morgan fingerprint density at radius 3 is 2.79 bits per heavy atom. The number of ether oxygens (including phenoxy) is 1. The Kier molecular flexibility index (Phi) is 4.44. The Hall–Kier alpha value is -2.53. The molecule has 1 aliphatic heterocycles. The first kappa shape index (κ1) is 16.3. The smallest absolute Gasteiger partial charge is 0.266 e. The molecule has 0 spiro atoms. The summed E-state index contributed by atoms with van der Waals surface area (Å²) in [6.45, 7) is 3.81. The Balaban J connectivity index is 1.67. The summed E-state index contributed by atoms with van der Waals surface area (Å²) in [6, 6.07) is 10.8. The number of fused-ring (bicyclic) bond motifs is 1. The second kappa shape index (κ2) is 6.53. The van der Waals surface area contributed by atoms with E-state index in [-0.39, 0.29) is 18.2 Å². The third-order valence-corrected chi connectivity index (χ3v) is 4.19. The van der Waals surface area contributed by atoms with Gasteiger partial charge in [0.05, 0.1) is 12.1 Å². The number of rotatable bonds is 3. The average molecular weight is 345 g/mol. The highest BCUT2D eigenvalue weighted by atomic mass is 35.5. The van der Waals surface area contributed by atoms with E-state index in [0.717, 1.165) is 11.1 Å². The molecule has 6 heteroatoms. The van der Waals surface area contributed by atoms with Crippen molar-refractivity contribution in [1.29, 1.82) is 0 Å². The van der Waals surface area contributed by atoms with Crippen molar-refractivity contribution in [2.45, 2.75) is 26.4 Å². The summed E-state index contributed by atoms with van der Waals surface area (Å²) >= 11 is 6.04. The van der Waals surface area contributed by atoms with E-state index in [1.807, 2.05) is 32.0 Å². The van der Waals surface area contributed by atoms with Crippen LogP contribution in [0.1, 0.15) is 17.5 Å². The molecule has 2 aromatic rings. The van der Waals surface area contributed by atoms with Gasteiger partial charge < -0.3 is 15.4 Å². The van der Waals surface area contributed by atoms with Crippen LogP contribution in [0.15, 0.2) is 36.4 Å². The van der Waals surface area contributed by atoms with E-state index in [4.69, 9.17) is 16.3 Å². The normalized spacial score (nSPS) is 16.0. The summed E-state index contributed by atoms with van der Waals surface area (Å²) in [5.74, 6) is -0.0767. The van der Waals surface area contributed by atoms with Crippen molar-refractivity contribution < 1.29 is 14.3 Å². The zero-order valence-electron chi connectivity index (χ0n) is 13.4. The van der Waals surface area contributed by atoms with E-state index in [1.165, 1.54) is 0 Å². The zero-order valence-corrected chi connectivity index (χ0v) is 14.1. The lowest BCUT2D eigenvalue weighted by Crippen LogP contribution is -2.39. The number of anilines is 2. The van der Waals surface area contributed by atoms with Crippen LogP contribution in [-0.2, 0) is 9.59 Å². The molecule has 0 saturated heterocycles. The second-order valence-corrected chi connectivity index (χ2v) is 6.22. The Labute approximate surface area is 145 Å². The minimum absolute atomic E-state index is 0.0787. The van der Waals surface area contributed by atoms with Crippen molar-refractivity contribution >= 4 is 34.8 Å². The van der Waals surface area contributed by atoms with Gasteiger partial charge in [-0.25, -0.2) is 0 Å². The largest absolute Gasteiger partial charge is 0.478 e. The SMILES string of the molecule is Cc1ccc2c(c1)NC(=O)C(CC(=O)Nc1ccc(C)c(Cl)c1)O2. The molecule has 0 saturated carbocycles. The number of halogens is 1. The first-order chi connectivity index (χ1) is 11.4. The number of aryl methyl sites for hydroxylation is 2. The fourth-order valence-corrected chi connectivity index (χ4v) is 2.63. The van der Waals surface area contributed by atoms with Crippen molar-refractivity contribution in [1.82, 2.24) is 0 Å². The Morgan fingerprint density at radius 2 is 2.04 bits per heavy atom. The molecular weight excluding hydrogens is 328 g/mol. The monoisotopic (exact) mass is 344 g/mol. The van der Waals surface area contributed by atoms with Crippen molar-refractivity contribution in [3.05, 3.63) is 52.5 Å². The van der Waals surface area contributed by atoms with E-state index in [1.54, 1.807) is 18.2 Å². The lowest BCUT2D eigenvalue weighted by Gasteiger charge is -2.25. The predicted molar refractivity (Wildman–Crippen MR) is 93.7 cm³/mol. The number of nitrogens with one attached hydrogen (secondary N) is 2. The van der Waals surface area contributed by atoms with Gasteiger partial charge in [-0.05, 0) is 49.2 Å². The highest BCUT2D eigenvalue weighted by Crippen LogP contribution is 2.31. The molecule has 0 aromatic heterocycles. The molecular formula is C18H17ClN2O3. The summed E-state index contributed by atoms with van der Waals surface area (Å²) in [7, 11) is 0. The number of benzene rings is 2. The summed E-state index contributed by atoms with van der Waals surface area (Å²) in [5, 5.41) is 6.07. The van der Waals surface area contributed by atoms with Crippen LogP contribution >= 0.6 is 11.6 Å². The summed E-state index contributed by atoms with van der Waals surface area (Å²) in [5.41, 5.74) is 3.16. The number of hydrogen-bond donors (Lipinski definition) is 2. The van der Waals surface area contributed by atoms with Gasteiger partial charge in [-0.15, -0.1) is 0 Å². The molecule has 124 valence electrons. The van der Waals surface area contributed by atoms with Crippen LogP contribution < -0.4 is 15.4 Å². The van der Waals surface area contributed by atoms with Gasteiger partial charge in [-0.2, -0.15) is 0 Å². The maximum absolute atomic E-state index is 12.2. The van der Waals surface area contributed by atoms with Gasteiger partial charge in [0, 0.05) is 10.7 Å². The van der Waals surface area contributed by atoms with E-state index in [2.05, 4.69) is 10.6 Å². The van der Waals surface area contributed by atoms with Crippen LogP contribution in [0, 0.1) is 13.8 Å². The molecule has 1 heterocycles. The molecule has 24 heavy (non-hydrogen) atoms. The molecule has 0 fully saturated rings. The van der Waals surface area contributed by atoms with Crippen molar-refractivity contribution in [2.75, 3.05) is 10.6 Å². The standard InChI is InChI=1S/C18H17ClN2O3/c1-10-3-6-15-14(7-10)21-18(23)16(24-15)9-17(22)20-12-5-4-11(2)13(19)8-12/h3-8,16H,9H2,1-2H3,(H,20,22)(H,21,23). The van der Waals surface area contributed by atoms with Crippen molar-refractivity contribution in [3.63, 3.8) is 0 Å². The van der Waals surface area contributed by atoms with E-state index in [9.17, 15) is 9.59 Å². The molecule has 0 bridgehead atoms. The third kappa shape index (κ3) is 3.51. The first-order valence-electron chi connectivity index (χ1n) is 7.56. The summed E-state index contributed by atoms with van der Waals surface area (Å²) in [6.07, 6.45) is -0.939. The minimum Gasteiger partial charge on any atom is -0.478 e. The van der Waals surface area contributed by atoms with Gasteiger partial charge in [0.1, 0.15) is 5.75 Å². The molecule has 1 atom stereocenters. The fourth-order valence-electron chi connectivity index (χ4n) is 2.45. The predicted octanol–water partition coefficient (Wildman–Crippen LogP) is 3.69. The van der Waals surface area contributed by atoms with Crippen LogP contribution in [0.3, 0.4) is 0 Å². The van der Waals surface area contributed by atoms with E-state index >= 15 is 0 Å². The number of hydrogen-bond acceptors (Lipinski definition) is 3.